The topological polar surface area (TPSA) is 63.1 Å². The quantitative estimate of drug-likeness (QED) is 0.902. The lowest BCUT2D eigenvalue weighted by Crippen LogP contribution is -1.99. The minimum Gasteiger partial charge on any atom is -0.506 e. The van der Waals surface area contributed by atoms with E-state index in [1.165, 1.54) is 12.3 Å². The number of aromatic hydroxyl groups is 1. The van der Waals surface area contributed by atoms with Crippen LogP contribution >= 0.6 is 0 Å². The maximum Gasteiger partial charge on any atom is 0.133 e. The van der Waals surface area contributed by atoms with Gasteiger partial charge in [0.1, 0.15) is 11.4 Å². The molecule has 0 aliphatic rings. The van der Waals surface area contributed by atoms with Crippen molar-refractivity contribution in [1.29, 1.82) is 0 Å². The molecule has 2 aromatic rings. The van der Waals surface area contributed by atoms with Crippen molar-refractivity contribution < 1.29 is 9.32 Å². The van der Waals surface area contributed by atoms with E-state index >= 15 is 0 Å². The zero-order chi connectivity index (χ0) is 12.3. The van der Waals surface area contributed by atoms with Crippen LogP contribution in [0.2, 0.25) is 0 Å². The van der Waals surface area contributed by atoms with Crippen LogP contribution in [-0.4, -0.2) is 25.0 Å². The van der Waals surface area contributed by atoms with Crippen molar-refractivity contribution in [3.63, 3.8) is 0 Å². The van der Waals surface area contributed by atoms with E-state index < -0.39 is 10.8 Å². The number of pyridine rings is 2. The molecule has 0 radical (unpaired) electrons. The Morgan fingerprint density at radius 3 is 2.76 bits per heavy atom. The van der Waals surface area contributed by atoms with Crippen molar-refractivity contribution in [2.45, 2.75) is 11.8 Å². The van der Waals surface area contributed by atoms with E-state index in [0.717, 1.165) is 0 Å². The number of aromatic nitrogens is 2. The molecule has 0 aromatic carbocycles. The van der Waals surface area contributed by atoms with Crippen LogP contribution in [0.1, 0.15) is 6.92 Å². The molecular weight excluding hydrogens is 236 g/mol. The summed E-state index contributed by atoms with van der Waals surface area (Å²) in [5, 5.41) is 9.19. The normalized spacial score (nSPS) is 12.3. The lowest BCUT2D eigenvalue weighted by atomic mass is 10.2. The zero-order valence-electron chi connectivity index (χ0n) is 9.33. The van der Waals surface area contributed by atoms with E-state index in [2.05, 4.69) is 9.97 Å². The van der Waals surface area contributed by atoms with Gasteiger partial charge >= 0.3 is 0 Å². The first-order valence-corrected chi connectivity index (χ1v) is 6.53. The Morgan fingerprint density at radius 2 is 2.12 bits per heavy atom. The smallest absolute Gasteiger partial charge is 0.133 e. The fourth-order valence-electron chi connectivity index (χ4n) is 1.45. The van der Waals surface area contributed by atoms with E-state index in [1.807, 2.05) is 6.92 Å². The van der Waals surface area contributed by atoms with Crippen LogP contribution in [0, 0.1) is 0 Å². The molecule has 0 aliphatic carbocycles. The summed E-state index contributed by atoms with van der Waals surface area (Å²) in [6.45, 7) is 1.86. The Bertz CT molecular complexity index is 540. The SMILES string of the molecule is CCS(=O)c1cccnc1-c1ccc(O)cn1. The minimum absolute atomic E-state index is 0.0999. The number of hydrogen-bond donors (Lipinski definition) is 1. The fourth-order valence-corrected chi connectivity index (χ4v) is 2.36. The van der Waals surface area contributed by atoms with Crippen LogP contribution in [-0.2, 0) is 10.8 Å². The van der Waals surface area contributed by atoms with Gasteiger partial charge in [-0.3, -0.25) is 14.2 Å². The molecule has 0 spiro atoms. The molecule has 1 atom stereocenters. The van der Waals surface area contributed by atoms with Gasteiger partial charge in [-0.15, -0.1) is 0 Å². The molecule has 5 heteroatoms. The predicted molar refractivity (Wildman–Crippen MR) is 66.1 cm³/mol. The summed E-state index contributed by atoms with van der Waals surface area (Å²) in [6, 6.07) is 6.74. The average molecular weight is 248 g/mol. The molecule has 88 valence electrons. The van der Waals surface area contributed by atoms with Crippen LogP contribution in [0.5, 0.6) is 5.75 Å². The van der Waals surface area contributed by atoms with Gasteiger partial charge in [0.2, 0.25) is 0 Å². The van der Waals surface area contributed by atoms with Gasteiger partial charge in [-0.05, 0) is 24.3 Å². The van der Waals surface area contributed by atoms with Gasteiger partial charge < -0.3 is 5.11 Å². The standard InChI is InChI=1S/C12H12N2O2S/c1-2-17(16)11-4-3-7-13-12(11)10-6-5-9(15)8-14-10/h3-8,15H,2H2,1H3. The Kier molecular flexibility index (Phi) is 3.49. The van der Waals surface area contributed by atoms with Gasteiger partial charge in [-0.1, -0.05) is 6.92 Å². The number of hydrogen-bond acceptors (Lipinski definition) is 4. The van der Waals surface area contributed by atoms with Crippen molar-refractivity contribution in [3.05, 3.63) is 36.7 Å². The van der Waals surface area contributed by atoms with Crippen molar-refractivity contribution in [2.24, 2.45) is 0 Å². The van der Waals surface area contributed by atoms with Gasteiger partial charge in [0.05, 0.1) is 27.6 Å². The highest BCUT2D eigenvalue weighted by Gasteiger charge is 2.11. The van der Waals surface area contributed by atoms with Crippen LogP contribution < -0.4 is 0 Å². The number of nitrogens with zero attached hydrogens (tertiary/aromatic N) is 2. The summed E-state index contributed by atoms with van der Waals surface area (Å²) in [7, 11) is -1.07. The molecule has 0 bridgehead atoms. The Hall–Kier alpha value is -1.75. The van der Waals surface area contributed by atoms with Crippen LogP contribution in [0.4, 0.5) is 0 Å². The highest BCUT2D eigenvalue weighted by atomic mass is 32.2. The largest absolute Gasteiger partial charge is 0.506 e. The van der Waals surface area contributed by atoms with Crippen molar-refractivity contribution in [1.82, 2.24) is 9.97 Å². The molecule has 2 rings (SSSR count). The summed E-state index contributed by atoms with van der Waals surface area (Å²) in [5.41, 5.74) is 1.22. The van der Waals surface area contributed by atoms with Crippen LogP contribution in [0.25, 0.3) is 11.4 Å². The molecule has 0 saturated heterocycles. The first kappa shape index (κ1) is 11.7. The molecule has 4 nitrogen and oxygen atoms in total. The van der Waals surface area contributed by atoms with Crippen molar-refractivity contribution in [2.75, 3.05) is 5.75 Å². The van der Waals surface area contributed by atoms with Gasteiger partial charge in [0.15, 0.2) is 0 Å². The maximum atomic E-state index is 11.9. The van der Waals surface area contributed by atoms with E-state index in [4.69, 9.17) is 0 Å². The third-order valence-electron chi connectivity index (χ3n) is 2.27. The predicted octanol–water partition coefficient (Wildman–Crippen LogP) is 1.98. The first-order chi connectivity index (χ1) is 8.22. The van der Waals surface area contributed by atoms with E-state index in [0.29, 0.717) is 22.0 Å². The van der Waals surface area contributed by atoms with Crippen molar-refractivity contribution >= 4 is 10.8 Å². The van der Waals surface area contributed by atoms with Gasteiger partial charge in [0.25, 0.3) is 0 Å². The summed E-state index contributed by atoms with van der Waals surface area (Å²) >= 11 is 0. The van der Waals surface area contributed by atoms with Gasteiger partial charge in [-0.2, -0.15) is 0 Å². The Morgan fingerprint density at radius 1 is 1.29 bits per heavy atom. The summed E-state index contributed by atoms with van der Waals surface area (Å²) < 4.78 is 11.9. The molecule has 0 fully saturated rings. The summed E-state index contributed by atoms with van der Waals surface area (Å²) in [5.74, 6) is 0.638. The van der Waals surface area contributed by atoms with E-state index in [-0.39, 0.29) is 5.75 Å². The lowest BCUT2D eigenvalue weighted by molar-refractivity contribution is 0.473. The van der Waals surface area contributed by atoms with E-state index in [9.17, 15) is 9.32 Å². The second kappa shape index (κ2) is 5.05. The second-order valence-electron chi connectivity index (χ2n) is 3.39. The van der Waals surface area contributed by atoms with Crippen LogP contribution in [0.15, 0.2) is 41.6 Å². The summed E-state index contributed by atoms with van der Waals surface area (Å²) in [4.78, 5) is 8.96. The molecule has 0 saturated carbocycles. The third kappa shape index (κ3) is 2.50. The van der Waals surface area contributed by atoms with Crippen molar-refractivity contribution in [3.8, 4) is 17.1 Å². The highest BCUT2D eigenvalue weighted by Crippen LogP contribution is 2.23. The zero-order valence-corrected chi connectivity index (χ0v) is 10.1. The minimum atomic E-state index is -1.07. The molecule has 17 heavy (non-hydrogen) atoms. The third-order valence-corrected chi connectivity index (χ3v) is 3.61. The molecule has 0 amide bonds. The van der Waals surface area contributed by atoms with Gasteiger partial charge in [0, 0.05) is 11.9 Å². The lowest BCUT2D eigenvalue weighted by Gasteiger charge is -2.06. The molecule has 2 aromatic heterocycles. The second-order valence-corrected chi connectivity index (χ2v) is 5.09. The molecule has 1 N–H and O–H groups in total. The van der Waals surface area contributed by atoms with Crippen LogP contribution in [0.3, 0.4) is 0 Å². The monoisotopic (exact) mass is 248 g/mol. The molecule has 1 unspecified atom stereocenters. The fraction of sp³-hybridized carbons (Fsp3) is 0.167. The molecular formula is C12H12N2O2S. The molecule has 0 aliphatic heterocycles. The summed E-state index contributed by atoms with van der Waals surface area (Å²) in [6.07, 6.45) is 2.99. The Labute approximate surface area is 102 Å². The van der Waals surface area contributed by atoms with E-state index in [1.54, 1.807) is 24.4 Å². The highest BCUT2D eigenvalue weighted by molar-refractivity contribution is 7.85. The number of rotatable bonds is 3. The maximum absolute atomic E-state index is 11.9. The first-order valence-electron chi connectivity index (χ1n) is 5.21. The van der Waals surface area contributed by atoms with Gasteiger partial charge in [-0.25, -0.2) is 0 Å². The molecule has 2 heterocycles. The average Bonchev–Trinajstić information content (AvgIpc) is 2.39. The Balaban J connectivity index is 2.51.